The Labute approximate surface area is 230 Å². The number of halogens is 4. The van der Waals surface area contributed by atoms with E-state index in [4.69, 9.17) is 0 Å². The van der Waals surface area contributed by atoms with Crippen LogP contribution in [0.4, 0.5) is 23.2 Å². The molecule has 0 aromatic heterocycles. The first-order valence-electron chi connectivity index (χ1n) is 12.5. The summed E-state index contributed by atoms with van der Waals surface area (Å²) in [5.74, 6) is -1.35. The smallest absolute Gasteiger partial charge is 0.376 e. The summed E-state index contributed by atoms with van der Waals surface area (Å²) < 4.78 is 80.4. The van der Waals surface area contributed by atoms with Gasteiger partial charge in [-0.1, -0.05) is 30.3 Å². The lowest BCUT2D eigenvalue weighted by atomic mass is 9.92. The Bertz CT molecular complexity index is 1480. The molecule has 0 radical (unpaired) electrons. The zero-order valence-corrected chi connectivity index (χ0v) is 22.8. The summed E-state index contributed by atoms with van der Waals surface area (Å²) in [5, 5.41) is 3.38. The molecule has 40 heavy (non-hydrogen) atoms. The molecule has 0 aliphatic carbocycles. The van der Waals surface area contributed by atoms with Crippen LogP contribution in [0.15, 0.2) is 72.8 Å². The minimum absolute atomic E-state index is 0.0148. The number of carbonyl (C=O) groups excluding carboxylic acids is 1. The molecule has 1 aliphatic heterocycles. The molecule has 214 valence electrons. The highest BCUT2D eigenvalue weighted by atomic mass is 32.2. The fourth-order valence-corrected chi connectivity index (χ4v) is 5.18. The van der Waals surface area contributed by atoms with Crippen molar-refractivity contribution >= 4 is 21.7 Å². The predicted octanol–water partition coefficient (Wildman–Crippen LogP) is 5.10. The first-order valence-corrected chi connectivity index (χ1v) is 13.9. The van der Waals surface area contributed by atoms with Crippen LogP contribution in [0.3, 0.4) is 0 Å². The standard InChI is InChI=1S/C28H29F4N3O4S/c1-18-17-35(19(2)16-33-18)26(21-8-5-12-25(14-21)39-40(37,38)28(30,31)32)20-7-4-9-22(13-20)27(36)34(3)24-11-6-10-23(29)15-24/h4-15,18-19,26,33H,16-17H2,1-3H3/t18-,19+,26-/m1/s1. The maximum Gasteiger partial charge on any atom is 0.534 e. The van der Waals surface area contributed by atoms with Gasteiger partial charge in [0.05, 0.1) is 6.04 Å². The summed E-state index contributed by atoms with van der Waals surface area (Å²) in [7, 11) is -4.33. The quantitative estimate of drug-likeness (QED) is 0.238. The molecule has 0 unspecified atom stereocenters. The lowest BCUT2D eigenvalue weighted by molar-refractivity contribution is -0.0500. The Morgan fingerprint density at radius 2 is 1.68 bits per heavy atom. The van der Waals surface area contributed by atoms with Crippen LogP contribution in [0.2, 0.25) is 0 Å². The van der Waals surface area contributed by atoms with E-state index in [1.54, 1.807) is 36.4 Å². The highest BCUT2D eigenvalue weighted by Crippen LogP contribution is 2.35. The van der Waals surface area contributed by atoms with Gasteiger partial charge in [-0.3, -0.25) is 9.69 Å². The Morgan fingerprint density at radius 1 is 1.02 bits per heavy atom. The van der Waals surface area contributed by atoms with E-state index < -0.39 is 33.2 Å². The number of piperazine rings is 1. The second kappa shape index (κ2) is 11.6. The topological polar surface area (TPSA) is 79.0 Å². The molecular formula is C28H29F4N3O4S. The van der Waals surface area contributed by atoms with Crippen LogP contribution in [0.5, 0.6) is 5.75 Å². The second-order valence-electron chi connectivity index (χ2n) is 9.78. The first kappa shape index (κ1) is 29.5. The van der Waals surface area contributed by atoms with Crippen LogP contribution >= 0.6 is 0 Å². The molecule has 4 rings (SSSR count). The molecule has 0 saturated carbocycles. The van der Waals surface area contributed by atoms with Crippen LogP contribution in [-0.2, 0) is 10.1 Å². The zero-order valence-electron chi connectivity index (χ0n) is 22.0. The average Bonchev–Trinajstić information content (AvgIpc) is 2.89. The van der Waals surface area contributed by atoms with Gasteiger partial charge in [0, 0.05) is 43.5 Å². The Morgan fingerprint density at radius 3 is 2.35 bits per heavy atom. The Balaban J connectivity index is 1.75. The Hall–Kier alpha value is -3.48. The van der Waals surface area contributed by atoms with Crippen molar-refractivity contribution in [3.63, 3.8) is 0 Å². The number of amides is 1. The van der Waals surface area contributed by atoms with E-state index in [0.29, 0.717) is 35.5 Å². The molecule has 7 nitrogen and oxygen atoms in total. The largest absolute Gasteiger partial charge is 0.534 e. The molecule has 0 bridgehead atoms. The minimum atomic E-state index is -5.86. The van der Waals surface area contributed by atoms with Crippen molar-refractivity contribution in [3.8, 4) is 5.75 Å². The van der Waals surface area contributed by atoms with E-state index in [1.165, 1.54) is 42.3 Å². The van der Waals surface area contributed by atoms with Crippen LogP contribution in [0.1, 0.15) is 41.4 Å². The molecular weight excluding hydrogens is 550 g/mol. The third kappa shape index (κ3) is 6.45. The monoisotopic (exact) mass is 579 g/mol. The molecule has 1 N–H and O–H groups in total. The fourth-order valence-electron chi connectivity index (χ4n) is 4.73. The lowest BCUT2D eigenvalue weighted by Gasteiger charge is -2.43. The van der Waals surface area contributed by atoms with Crippen molar-refractivity contribution in [2.75, 3.05) is 25.0 Å². The van der Waals surface area contributed by atoms with E-state index in [1.807, 2.05) is 13.8 Å². The summed E-state index contributed by atoms with van der Waals surface area (Å²) in [6.45, 7) is 5.20. The molecule has 0 spiro atoms. The number of nitrogens with one attached hydrogen (secondary N) is 1. The van der Waals surface area contributed by atoms with Gasteiger partial charge < -0.3 is 14.4 Å². The molecule has 1 aliphatic rings. The molecule has 1 heterocycles. The maximum absolute atomic E-state index is 13.8. The number of hydrogen-bond acceptors (Lipinski definition) is 6. The number of anilines is 1. The van der Waals surface area contributed by atoms with Crippen LogP contribution in [0, 0.1) is 5.82 Å². The molecule has 1 saturated heterocycles. The number of rotatable bonds is 7. The van der Waals surface area contributed by atoms with E-state index in [2.05, 4.69) is 14.4 Å². The number of benzene rings is 3. The van der Waals surface area contributed by atoms with Gasteiger partial charge in [-0.05, 0) is 67.4 Å². The molecule has 1 amide bonds. The van der Waals surface area contributed by atoms with Gasteiger partial charge in [0.15, 0.2) is 0 Å². The van der Waals surface area contributed by atoms with E-state index in [0.717, 1.165) is 6.07 Å². The van der Waals surface area contributed by atoms with Gasteiger partial charge >= 0.3 is 15.6 Å². The summed E-state index contributed by atoms with van der Waals surface area (Å²) in [6, 6.07) is 17.5. The Kier molecular flexibility index (Phi) is 8.52. The second-order valence-corrected chi connectivity index (χ2v) is 11.3. The predicted molar refractivity (Wildman–Crippen MR) is 143 cm³/mol. The van der Waals surface area contributed by atoms with Crippen LogP contribution in [0.25, 0.3) is 0 Å². The minimum Gasteiger partial charge on any atom is -0.376 e. The van der Waals surface area contributed by atoms with Crippen molar-refractivity contribution in [2.45, 2.75) is 37.5 Å². The zero-order chi connectivity index (χ0) is 29.2. The number of carbonyl (C=O) groups is 1. The normalized spacial score (nSPS) is 19.2. The average molecular weight is 580 g/mol. The highest BCUT2D eigenvalue weighted by molar-refractivity contribution is 7.88. The third-order valence-electron chi connectivity index (χ3n) is 6.76. The first-order chi connectivity index (χ1) is 18.8. The maximum atomic E-state index is 13.8. The number of hydrogen-bond donors (Lipinski definition) is 1. The van der Waals surface area contributed by atoms with Gasteiger partial charge in [-0.15, -0.1) is 0 Å². The van der Waals surface area contributed by atoms with Gasteiger partial charge in [-0.2, -0.15) is 21.6 Å². The van der Waals surface area contributed by atoms with Crippen molar-refractivity contribution in [2.24, 2.45) is 0 Å². The van der Waals surface area contributed by atoms with Crippen LogP contribution in [-0.4, -0.2) is 57.0 Å². The lowest BCUT2D eigenvalue weighted by Crippen LogP contribution is -2.55. The van der Waals surface area contributed by atoms with E-state index in [-0.39, 0.29) is 18.0 Å². The van der Waals surface area contributed by atoms with Crippen LogP contribution < -0.4 is 14.4 Å². The number of alkyl halides is 3. The molecule has 12 heteroatoms. The molecule has 3 aromatic carbocycles. The van der Waals surface area contributed by atoms with Crippen molar-refractivity contribution in [1.29, 1.82) is 0 Å². The van der Waals surface area contributed by atoms with Crippen molar-refractivity contribution in [3.05, 3.63) is 95.3 Å². The summed E-state index contributed by atoms with van der Waals surface area (Å²) in [6.07, 6.45) is 0. The van der Waals surface area contributed by atoms with E-state index in [9.17, 15) is 30.8 Å². The number of nitrogens with zero attached hydrogens (tertiary/aromatic N) is 2. The highest BCUT2D eigenvalue weighted by Gasteiger charge is 2.48. The third-order valence-corrected chi connectivity index (χ3v) is 7.74. The van der Waals surface area contributed by atoms with E-state index >= 15 is 0 Å². The molecule has 3 aromatic rings. The van der Waals surface area contributed by atoms with Gasteiger partial charge in [0.1, 0.15) is 11.6 Å². The van der Waals surface area contributed by atoms with Gasteiger partial charge in [0.2, 0.25) is 0 Å². The SMILES string of the molecule is C[C@@H]1CN([C@@H](c2cccc(OS(=O)(=O)C(F)(F)F)c2)c2cccc(C(=O)N(C)c3cccc(F)c3)c2)[C@@H](C)CN1. The van der Waals surface area contributed by atoms with Gasteiger partial charge in [0.25, 0.3) is 5.91 Å². The summed E-state index contributed by atoms with van der Waals surface area (Å²) in [4.78, 5) is 16.8. The molecule has 3 atom stereocenters. The fraction of sp³-hybridized carbons (Fsp3) is 0.321. The summed E-state index contributed by atoms with van der Waals surface area (Å²) >= 11 is 0. The van der Waals surface area contributed by atoms with Crippen molar-refractivity contribution in [1.82, 2.24) is 10.2 Å². The van der Waals surface area contributed by atoms with Crippen molar-refractivity contribution < 1.29 is 35.0 Å². The molecule has 1 fully saturated rings. The van der Waals surface area contributed by atoms with Gasteiger partial charge in [-0.25, -0.2) is 4.39 Å². The summed E-state index contributed by atoms with van der Waals surface area (Å²) in [5.41, 5.74) is -3.74.